The summed E-state index contributed by atoms with van der Waals surface area (Å²) in [6.07, 6.45) is 0.910. The summed E-state index contributed by atoms with van der Waals surface area (Å²) >= 11 is 11.8. The van der Waals surface area contributed by atoms with Crippen LogP contribution >= 0.6 is 23.8 Å². The number of rotatable bonds is 9. The monoisotopic (exact) mass is 418 g/mol. The van der Waals surface area contributed by atoms with Gasteiger partial charge in [-0.1, -0.05) is 48.9 Å². The summed E-state index contributed by atoms with van der Waals surface area (Å²) < 4.78 is 13.7. The molecule has 1 aromatic heterocycles. The van der Waals surface area contributed by atoms with Gasteiger partial charge in [0.15, 0.2) is 17.3 Å². The standard InChI is InChI=1S/C20H23ClN4O2S/c1-3-10-27-18-12-16(21)15(11-17(18)26-4-2)13-22-25-19(23-24-20(25)28)14-8-6-5-7-9-14/h5-9,11-12,22H,3-4,10,13H2,1-2H3,(H,24,28). The molecule has 28 heavy (non-hydrogen) atoms. The van der Waals surface area contributed by atoms with E-state index in [-0.39, 0.29) is 0 Å². The maximum Gasteiger partial charge on any atom is 0.214 e. The molecule has 0 atom stereocenters. The van der Waals surface area contributed by atoms with Crippen LogP contribution in [0.5, 0.6) is 11.5 Å². The summed E-state index contributed by atoms with van der Waals surface area (Å²) in [6, 6.07) is 13.5. The number of halogens is 1. The molecule has 2 aromatic carbocycles. The van der Waals surface area contributed by atoms with E-state index in [0.717, 1.165) is 17.5 Å². The number of nitrogens with zero attached hydrogens (tertiary/aromatic N) is 2. The van der Waals surface area contributed by atoms with E-state index < -0.39 is 0 Å². The average molecular weight is 419 g/mol. The van der Waals surface area contributed by atoms with Gasteiger partial charge >= 0.3 is 0 Å². The number of hydrogen-bond donors (Lipinski definition) is 2. The molecule has 1 heterocycles. The lowest BCUT2D eigenvalue weighted by Gasteiger charge is -2.16. The number of nitrogens with one attached hydrogen (secondary N) is 2. The van der Waals surface area contributed by atoms with Crippen molar-refractivity contribution in [1.82, 2.24) is 14.9 Å². The zero-order valence-electron chi connectivity index (χ0n) is 15.9. The molecule has 0 saturated carbocycles. The first-order chi connectivity index (χ1) is 13.6. The maximum absolute atomic E-state index is 6.48. The predicted octanol–water partition coefficient (Wildman–Crippen LogP) is 5.19. The first-order valence-electron chi connectivity index (χ1n) is 9.18. The molecular formula is C20H23ClN4O2S. The van der Waals surface area contributed by atoms with Crippen LogP contribution in [-0.2, 0) is 6.54 Å². The number of H-pyrrole nitrogens is 1. The maximum atomic E-state index is 6.48. The lowest BCUT2D eigenvalue weighted by molar-refractivity contribution is 0.276. The molecule has 2 N–H and O–H groups in total. The van der Waals surface area contributed by atoms with Crippen molar-refractivity contribution < 1.29 is 9.47 Å². The van der Waals surface area contributed by atoms with E-state index in [2.05, 4.69) is 22.5 Å². The summed E-state index contributed by atoms with van der Waals surface area (Å²) in [5, 5.41) is 7.74. The summed E-state index contributed by atoms with van der Waals surface area (Å²) in [5.41, 5.74) is 5.11. The number of aromatic amines is 1. The highest BCUT2D eigenvalue weighted by molar-refractivity contribution is 7.71. The molecule has 0 aliphatic carbocycles. The number of hydrogen-bond acceptors (Lipinski definition) is 5. The van der Waals surface area contributed by atoms with Crippen LogP contribution < -0.4 is 14.9 Å². The number of aromatic nitrogens is 3. The Bertz CT molecular complexity index is 972. The van der Waals surface area contributed by atoms with Gasteiger partial charge in [-0.15, -0.1) is 0 Å². The highest BCUT2D eigenvalue weighted by Gasteiger charge is 2.13. The van der Waals surface area contributed by atoms with Crippen LogP contribution in [0.1, 0.15) is 25.8 Å². The van der Waals surface area contributed by atoms with E-state index in [1.807, 2.05) is 43.3 Å². The first kappa shape index (κ1) is 20.2. The molecule has 0 fully saturated rings. The highest BCUT2D eigenvalue weighted by atomic mass is 35.5. The third-order valence-electron chi connectivity index (χ3n) is 4.01. The molecule has 0 amide bonds. The van der Waals surface area contributed by atoms with E-state index in [9.17, 15) is 0 Å². The Labute approximate surface area is 174 Å². The molecule has 0 bridgehead atoms. The number of ether oxygens (including phenoxy) is 2. The van der Waals surface area contributed by atoms with Crippen LogP contribution in [0.25, 0.3) is 11.4 Å². The number of benzene rings is 2. The molecule has 0 aliphatic heterocycles. The molecule has 8 heteroatoms. The fraction of sp³-hybridized carbons (Fsp3) is 0.300. The van der Waals surface area contributed by atoms with Crippen molar-refractivity contribution in [3.05, 3.63) is 57.8 Å². The molecule has 0 radical (unpaired) electrons. The van der Waals surface area contributed by atoms with Crippen LogP contribution in [-0.4, -0.2) is 28.1 Å². The van der Waals surface area contributed by atoms with E-state index in [1.54, 1.807) is 10.7 Å². The largest absolute Gasteiger partial charge is 0.490 e. The predicted molar refractivity (Wildman–Crippen MR) is 114 cm³/mol. The van der Waals surface area contributed by atoms with Crippen molar-refractivity contribution in [2.75, 3.05) is 18.6 Å². The third kappa shape index (κ3) is 4.66. The Kier molecular flexibility index (Phi) is 6.95. The summed E-state index contributed by atoms with van der Waals surface area (Å²) in [5.74, 6) is 2.04. The van der Waals surface area contributed by atoms with Crippen LogP contribution in [0.2, 0.25) is 5.02 Å². The van der Waals surface area contributed by atoms with E-state index in [1.165, 1.54) is 0 Å². The van der Waals surface area contributed by atoms with Gasteiger partial charge in [0.1, 0.15) is 0 Å². The SMILES string of the molecule is CCCOc1cc(Cl)c(CNn2c(-c3ccccc3)n[nH]c2=S)cc1OCC. The van der Waals surface area contributed by atoms with Gasteiger partial charge < -0.3 is 14.9 Å². The second kappa shape index (κ2) is 9.61. The van der Waals surface area contributed by atoms with Crippen LogP contribution in [0.3, 0.4) is 0 Å². The van der Waals surface area contributed by atoms with Crippen LogP contribution in [0, 0.1) is 4.77 Å². The molecule has 0 saturated heterocycles. The fourth-order valence-electron chi connectivity index (χ4n) is 2.69. The van der Waals surface area contributed by atoms with Gasteiger partial charge in [0, 0.05) is 16.7 Å². The Balaban J connectivity index is 1.84. The average Bonchev–Trinajstić information content (AvgIpc) is 3.08. The van der Waals surface area contributed by atoms with E-state index in [0.29, 0.717) is 46.9 Å². The lowest BCUT2D eigenvalue weighted by Crippen LogP contribution is -2.16. The molecule has 148 valence electrons. The smallest absolute Gasteiger partial charge is 0.214 e. The topological polar surface area (TPSA) is 64.1 Å². The van der Waals surface area contributed by atoms with Gasteiger partial charge in [0.25, 0.3) is 0 Å². The van der Waals surface area contributed by atoms with E-state index in [4.69, 9.17) is 33.3 Å². The second-order valence-electron chi connectivity index (χ2n) is 6.06. The van der Waals surface area contributed by atoms with Crippen molar-refractivity contribution in [1.29, 1.82) is 0 Å². The zero-order chi connectivity index (χ0) is 19.9. The normalized spacial score (nSPS) is 10.7. The molecule has 0 aliphatic rings. The van der Waals surface area contributed by atoms with Crippen LogP contribution in [0.4, 0.5) is 0 Å². The Morgan fingerprint density at radius 2 is 1.89 bits per heavy atom. The third-order valence-corrected chi connectivity index (χ3v) is 4.63. The van der Waals surface area contributed by atoms with Gasteiger partial charge in [-0.05, 0) is 37.2 Å². The fourth-order valence-corrected chi connectivity index (χ4v) is 3.11. The molecule has 3 rings (SSSR count). The highest BCUT2D eigenvalue weighted by Crippen LogP contribution is 2.34. The van der Waals surface area contributed by atoms with Gasteiger partial charge in [-0.3, -0.25) is 0 Å². The molecular weight excluding hydrogens is 396 g/mol. The summed E-state index contributed by atoms with van der Waals surface area (Å²) in [6.45, 7) is 5.59. The van der Waals surface area contributed by atoms with Crippen molar-refractivity contribution in [2.24, 2.45) is 0 Å². The molecule has 6 nitrogen and oxygen atoms in total. The molecule has 0 unspecified atom stereocenters. The quantitative estimate of drug-likeness (QED) is 0.468. The second-order valence-corrected chi connectivity index (χ2v) is 6.85. The van der Waals surface area contributed by atoms with Gasteiger partial charge in [-0.2, -0.15) is 5.10 Å². The van der Waals surface area contributed by atoms with Crippen LogP contribution in [0.15, 0.2) is 42.5 Å². The van der Waals surface area contributed by atoms with Gasteiger partial charge in [0.2, 0.25) is 4.77 Å². The minimum Gasteiger partial charge on any atom is -0.490 e. The Morgan fingerprint density at radius 1 is 1.14 bits per heavy atom. The van der Waals surface area contributed by atoms with Crippen molar-refractivity contribution in [3.8, 4) is 22.9 Å². The van der Waals surface area contributed by atoms with Crippen molar-refractivity contribution in [2.45, 2.75) is 26.8 Å². The molecule has 0 spiro atoms. The minimum atomic E-state index is 0.445. The van der Waals surface area contributed by atoms with Gasteiger partial charge in [-0.25, -0.2) is 9.77 Å². The Hall–Kier alpha value is -2.51. The van der Waals surface area contributed by atoms with E-state index >= 15 is 0 Å². The zero-order valence-corrected chi connectivity index (χ0v) is 17.4. The summed E-state index contributed by atoms with van der Waals surface area (Å²) in [7, 11) is 0. The van der Waals surface area contributed by atoms with Crippen molar-refractivity contribution in [3.63, 3.8) is 0 Å². The Morgan fingerprint density at radius 3 is 2.61 bits per heavy atom. The summed E-state index contributed by atoms with van der Waals surface area (Å²) in [4.78, 5) is 0. The first-order valence-corrected chi connectivity index (χ1v) is 9.97. The minimum absolute atomic E-state index is 0.445. The van der Waals surface area contributed by atoms with Crippen molar-refractivity contribution >= 4 is 23.8 Å². The lowest BCUT2D eigenvalue weighted by atomic mass is 10.2. The molecule has 3 aromatic rings. The van der Waals surface area contributed by atoms with Gasteiger partial charge in [0.05, 0.1) is 19.8 Å².